The maximum absolute atomic E-state index is 12.5. The zero-order chi connectivity index (χ0) is 21.6. The topological polar surface area (TPSA) is 78.7 Å². The van der Waals surface area contributed by atoms with E-state index in [0.717, 1.165) is 14.4 Å². The van der Waals surface area contributed by atoms with Crippen LogP contribution in [0.25, 0.3) is 0 Å². The lowest BCUT2D eigenvalue weighted by molar-refractivity contribution is -0.121. The molecule has 1 aromatic carbocycles. The lowest BCUT2D eigenvalue weighted by atomic mass is 9.90. The van der Waals surface area contributed by atoms with Crippen LogP contribution in [-0.4, -0.2) is 26.9 Å². The molecular weight excluding hydrogens is 420 g/mol. The SMILES string of the molecule is CC(Sc1nnc(SCc2ccc(C(C)C)cc2)s1)C(=O)NC(C)(C#N)C(C)C. The van der Waals surface area contributed by atoms with Crippen LogP contribution in [0.15, 0.2) is 32.9 Å². The number of carbonyl (C=O) groups excluding carboxylic acids is 1. The maximum Gasteiger partial charge on any atom is 0.234 e. The summed E-state index contributed by atoms with van der Waals surface area (Å²) in [5.74, 6) is 1.23. The van der Waals surface area contributed by atoms with Crippen molar-refractivity contribution in [2.45, 2.75) is 72.7 Å². The summed E-state index contributed by atoms with van der Waals surface area (Å²) in [4.78, 5) is 12.5. The van der Waals surface area contributed by atoms with E-state index in [0.29, 0.717) is 5.92 Å². The summed E-state index contributed by atoms with van der Waals surface area (Å²) in [6.45, 7) is 11.8. The van der Waals surface area contributed by atoms with Crippen LogP contribution in [0, 0.1) is 17.2 Å². The number of aromatic nitrogens is 2. The van der Waals surface area contributed by atoms with Crippen LogP contribution in [0.2, 0.25) is 0 Å². The van der Waals surface area contributed by atoms with Crippen molar-refractivity contribution in [1.82, 2.24) is 15.5 Å². The number of carbonyl (C=O) groups is 1. The second-order valence-corrected chi connectivity index (χ2v) is 11.5. The molecule has 0 aliphatic rings. The Morgan fingerprint density at radius 2 is 1.79 bits per heavy atom. The van der Waals surface area contributed by atoms with Crippen LogP contribution in [0.1, 0.15) is 58.6 Å². The quantitative estimate of drug-likeness (QED) is 0.511. The Balaban J connectivity index is 1.89. The van der Waals surface area contributed by atoms with Crippen LogP contribution in [0.3, 0.4) is 0 Å². The highest BCUT2D eigenvalue weighted by Gasteiger charge is 2.32. The maximum atomic E-state index is 12.5. The van der Waals surface area contributed by atoms with E-state index in [1.165, 1.54) is 34.2 Å². The second-order valence-electron chi connectivity index (χ2n) is 7.74. The van der Waals surface area contributed by atoms with Gasteiger partial charge in [-0.15, -0.1) is 10.2 Å². The minimum Gasteiger partial charge on any atom is -0.337 e. The molecule has 1 aromatic heterocycles. The fourth-order valence-electron chi connectivity index (χ4n) is 2.31. The van der Waals surface area contributed by atoms with Gasteiger partial charge in [0.05, 0.1) is 11.3 Å². The number of rotatable bonds is 9. The van der Waals surface area contributed by atoms with Crippen molar-refractivity contribution in [3.8, 4) is 6.07 Å². The molecule has 0 bridgehead atoms. The summed E-state index contributed by atoms with van der Waals surface area (Å²) in [6, 6.07) is 10.9. The fourth-order valence-corrected chi connectivity index (χ4v) is 5.43. The monoisotopic (exact) mass is 448 g/mol. The Morgan fingerprint density at radius 3 is 2.34 bits per heavy atom. The number of nitriles is 1. The standard InChI is InChI=1S/C21H28N4OS3/c1-13(2)17-9-7-16(8-10-17)11-27-19-24-25-20(29-19)28-15(5)18(26)23-21(6,12-22)14(3)4/h7-10,13-15H,11H2,1-6H3,(H,23,26). The summed E-state index contributed by atoms with van der Waals surface area (Å²) in [5, 5.41) is 20.3. The van der Waals surface area contributed by atoms with Gasteiger partial charge >= 0.3 is 0 Å². The van der Waals surface area contributed by atoms with Gasteiger partial charge < -0.3 is 5.32 Å². The molecule has 2 atom stereocenters. The van der Waals surface area contributed by atoms with Crippen molar-refractivity contribution in [2.75, 3.05) is 0 Å². The molecule has 5 nitrogen and oxygen atoms in total. The van der Waals surface area contributed by atoms with Crippen molar-refractivity contribution in [3.05, 3.63) is 35.4 Å². The summed E-state index contributed by atoms with van der Waals surface area (Å²) in [6.07, 6.45) is 0. The first-order chi connectivity index (χ1) is 13.6. The predicted molar refractivity (Wildman–Crippen MR) is 122 cm³/mol. The third kappa shape index (κ3) is 6.73. The zero-order valence-electron chi connectivity index (χ0n) is 17.7. The van der Waals surface area contributed by atoms with E-state index < -0.39 is 5.54 Å². The molecular formula is C21H28N4OS3. The minimum absolute atomic E-state index is 0.0211. The van der Waals surface area contributed by atoms with E-state index in [2.05, 4.69) is 59.7 Å². The van der Waals surface area contributed by atoms with Crippen molar-refractivity contribution in [1.29, 1.82) is 5.26 Å². The molecule has 2 rings (SSSR count). The minimum atomic E-state index is -0.876. The van der Waals surface area contributed by atoms with Crippen molar-refractivity contribution in [3.63, 3.8) is 0 Å². The first-order valence-electron chi connectivity index (χ1n) is 9.59. The van der Waals surface area contributed by atoms with Gasteiger partial charge in [-0.3, -0.25) is 4.79 Å². The number of nitrogens with zero attached hydrogens (tertiary/aromatic N) is 3. The number of thioether (sulfide) groups is 2. The Hall–Kier alpha value is -1.56. The summed E-state index contributed by atoms with van der Waals surface area (Å²) in [5.41, 5.74) is 1.71. The van der Waals surface area contributed by atoms with Crippen molar-refractivity contribution in [2.24, 2.45) is 5.92 Å². The van der Waals surface area contributed by atoms with E-state index >= 15 is 0 Å². The molecule has 0 spiro atoms. The molecule has 2 unspecified atom stereocenters. The van der Waals surface area contributed by atoms with Crippen LogP contribution < -0.4 is 5.32 Å². The lowest BCUT2D eigenvalue weighted by Crippen LogP contribution is -2.51. The highest BCUT2D eigenvalue weighted by Crippen LogP contribution is 2.33. The Labute approximate surface area is 186 Å². The molecule has 156 valence electrons. The fraction of sp³-hybridized carbons (Fsp3) is 0.524. The Morgan fingerprint density at radius 1 is 1.17 bits per heavy atom. The van der Waals surface area contributed by atoms with E-state index in [1.807, 2.05) is 20.8 Å². The van der Waals surface area contributed by atoms with Gasteiger partial charge in [0, 0.05) is 5.75 Å². The van der Waals surface area contributed by atoms with E-state index in [9.17, 15) is 10.1 Å². The average Bonchev–Trinajstić information content (AvgIpc) is 3.13. The first kappa shape index (κ1) is 23.7. The molecule has 0 saturated heterocycles. The molecule has 1 N–H and O–H groups in total. The molecule has 2 aromatic rings. The molecule has 29 heavy (non-hydrogen) atoms. The highest BCUT2D eigenvalue weighted by atomic mass is 32.2. The molecule has 1 amide bonds. The number of amides is 1. The van der Waals surface area contributed by atoms with Gasteiger partial charge in [-0.2, -0.15) is 5.26 Å². The Kier molecular flexibility index (Phi) is 8.56. The largest absolute Gasteiger partial charge is 0.337 e. The number of hydrogen-bond acceptors (Lipinski definition) is 7. The number of nitrogens with one attached hydrogen (secondary N) is 1. The third-order valence-electron chi connectivity index (χ3n) is 4.81. The van der Waals surface area contributed by atoms with E-state index in [4.69, 9.17) is 0 Å². The molecule has 0 radical (unpaired) electrons. The van der Waals surface area contributed by atoms with Gasteiger partial charge in [0.2, 0.25) is 5.91 Å². The lowest BCUT2D eigenvalue weighted by Gasteiger charge is -2.28. The second kappa shape index (κ2) is 10.5. The van der Waals surface area contributed by atoms with Crippen LogP contribution in [0.4, 0.5) is 0 Å². The number of benzene rings is 1. The Bertz CT molecular complexity index is 858. The van der Waals surface area contributed by atoms with Gasteiger partial charge in [0.25, 0.3) is 0 Å². The predicted octanol–water partition coefficient (Wildman–Crippen LogP) is 5.49. The molecule has 0 fully saturated rings. The van der Waals surface area contributed by atoms with E-state index in [1.54, 1.807) is 18.7 Å². The molecule has 0 aliphatic carbocycles. The summed E-state index contributed by atoms with van der Waals surface area (Å²) < 4.78 is 1.64. The average molecular weight is 449 g/mol. The van der Waals surface area contributed by atoms with Gasteiger partial charge in [-0.25, -0.2) is 0 Å². The van der Waals surface area contributed by atoms with Gasteiger partial charge in [0.1, 0.15) is 5.54 Å². The van der Waals surface area contributed by atoms with Gasteiger partial charge in [-0.1, -0.05) is 86.8 Å². The third-order valence-corrected chi connectivity index (χ3v) is 8.13. The number of hydrogen-bond donors (Lipinski definition) is 1. The van der Waals surface area contributed by atoms with Crippen LogP contribution in [0.5, 0.6) is 0 Å². The van der Waals surface area contributed by atoms with Crippen LogP contribution in [-0.2, 0) is 10.5 Å². The first-order valence-corrected chi connectivity index (χ1v) is 12.3. The normalized spacial score (nSPS) is 14.4. The highest BCUT2D eigenvalue weighted by molar-refractivity contribution is 8.03. The van der Waals surface area contributed by atoms with Crippen LogP contribution >= 0.6 is 34.9 Å². The zero-order valence-corrected chi connectivity index (χ0v) is 20.2. The van der Waals surface area contributed by atoms with Gasteiger partial charge in [0.15, 0.2) is 8.68 Å². The smallest absolute Gasteiger partial charge is 0.234 e. The van der Waals surface area contributed by atoms with Gasteiger partial charge in [-0.05, 0) is 36.8 Å². The molecule has 8 heteroatoms. The van der Waals surface area contributed by atoms with E-state index in [-0.39, 0.29) is 17.1 Å². The summed E-state index contributed by atoms with van der Waals surface area (Å²) >= 11 is 4.52. The molecule has 0 saturated carbocycles. The summed E-state index contributed by atoms with van der Waals surface area (Å²) in [7, 11) is 0. The van der Waals surface area contributed by atoms with Crippen molar-refractivity contribution < 1.29 is 4.79 Å². The molecule has 1 heterocycles. The van der Waals surface area contributed by atoms with Crippen molar-refractivity contribution >= 4 is 40.8 Å². The molecule has 0 aliphatic heterocycles.